The molecule has 1 fully saturated rings. The van der Waals surface area contributed by atoms with E-state index in [4.69, 9.17) is 0 Å². The molecule has 28 heavy (non-hydrogen) atoms. The van der Waals surface area contributed by atoms with E-state index >= 15 is 0 Å². The van der Waals surface area contributed by atoms with Gasteiger partial charge in [-0.25, -0.2) is 8.78 Å². The highest BCUT2D eigenvalue weighted by Crippen LogP contribution is 2.28. The van der Waals surface area contributed by atoms with Gasteiger partial charge in [0.25, 0.3) is 5.91 Å². The zero-order valence-corrected chi connectivity index (χ0v) is 15.2. The van der Waals surface area contributed by atoms with Crippen LogP contribution < -0.4 is 5.32 Å². The largest absolute Gasteiger partial charge is 0.356 e. The van der Waals surface area contributed by atoms with Crippen LogP contribution in [0.5, 0.6) is 0 Å². The molecule has 1 saturated heterocycles. The molecule has 1 N–H and O–H groups in total. The van der Waals surface area contributed by atoms with Gasteiger partial charge in [-0.2, -0.15) is 5.10 Å². The minimum absolute atomic E-state index is 0.107. The first-order chi connectivity index (χ1) is 13.5. The molecule has 0 bridgehead atoms. The molecule has 0 saturated carbocycles. The molecule has 0 radical (unpaired) electrons. The van der Waals surface area contributed by atoms with E-state index in [1.807, 2.05) is 12.1 Å². The van der Waals surface area contributed by atoms with Crippen molar-refractivity contribution in [3.8, 4) is 0 Å². The number of carbonyl (C=O) groups excluding carboxylic acids is 1. The standard InChI is InChI=1S/C20H17F2N5O/c1-26-16-8-15(21)17(18(22)14(16)10-24-26)20(28)25-12-4-3-11-9-23-19(13(11)7-12)27-5-2-6-27/h3-4,7-8,10H,2,5-6,9H2,1H3,(H,25,28). The molecule has 3 heterocycles. The summed E-state index contributed by atoms with van der Waals surface area (Å²) < 4.78 is 30.6. The number of anilines is 1. The van der Waals surface area contributed by atoms with Gasteiger partial charge in [0.2, 0.25) is 0 Å². The van der Waals surface area contributed by atoms with Gasteiger partial charge in [-0.3, -0.25) is 14.5 Å². The SMILES string of the molecule is Cn1ncc2c(F)c(C(=O)Nc3ccc4c(c3)C(N3CCC3)=NC4)c(F)cc21. The Morgan fingerprint density at radius 3 is 2.79 bits per heavy atom. The first-order valence-electron chi connectivity index (χ1n) is 9.06. The van der Waals surface area contributed by atoms with E-state index in [1.165, 1.54) is 10.9 Å². The van der Waals surface area contributed by atoms with Gasteiger partial charge in [-0.05, 0) is 24.1 Å². The third kappa shape index (κ3) is 2.48. The van der Waals surface area contributed by atoms with Gasteiger partial charge in [0.1, 0.15) is 23.0 Å². The van der Waals surface area contributed by atoms with Crippen molar-refractivity contribution in [2.24, 2.45) is 12.0 Å². The Bertz CT molecular complexity index is 1160. The fraction of sp³-hybridized carbons (Fsp3) is 0.250. The number of amidine groups is 1. The Morgan fingerprint density at radius 2 is 2.04 bits per heavy atom. The summed E-state index contributed by atoms with van der Waals surface area (Å²) in [5, 5.41) is 6.64. The summed E-state index contributed by atoms with van der Waals surface area (Å²) in [6.07, 6.45) is 2.42. The number of rotatable bonds is 2. The van der Waals surface area contributed by atoms with Crippen LogP contribution in [0, 0.1) is 11.6 Å². The van der Waals surface area contributed by atoms with Gasteiger partial charge in [-0.15, -0.1) is 0 Å². The van der Waals surface area contributed by atoms with Gasteiger partial charge in [-0.1, -0.05) is 6.07 Å². The summed E-state index contributed by atoms with van der Waals surface area (Å²) in [6.45, 7) is 2.54. The zero-order valence-electron chi connectivity index (χ0n) is 15.2. The number of fused-ring (bicyclic) bond motifs is 2. The third-order valence-corrected chi connectivity index (χ3v) is 5.33. The first-order valence-corrected chi connectivity index (χ1v) is 9.06. The molecule has 8 heteroatoms. The minimum Gasteiger partial charge on any atom is -0.356 e. The Hall–Kier alpha value is -3.29. The number of likely N-dealkylation sites (tertiary alicyclic amines) is 1. The Labute approximate surface area is 159 Å². The average molecular weight is 381 g/mol. The molecule has 6 nitrogen and oxygen atoms in total. The number of aliphatic imine (C=N–C) groups is 1. The molecule has 0 spiro atoms. The number of nitrogens with one attached hydrogen (secondary N) is 1. The van der Waals surface area contributed by atoms with E-state index in [1.54, 1.807) is 13.1 Å². The predicted molar refractivity (Wildman–Crippen MR) is 101 cm³/mol. The smallest absolute Gasteiger partial charge is 0.261 e. The van der Waals surface area contributed by atoms with E-state index in [0.717, 1.165) is 42.5 Å². The number of hydrogen-bond donors (Lipinski definition) is 1. The Kier molecular flexibility index (Phi) is 3.68. The Balaban J connectivity index is 1.47. The summed E-state index contributed by atoms with van der Waals surface area (Å²) in [5.74, 6) is -1.74. The highest BCUT2D eigenvalue weighted by Gasteiger charge is 2.26. The number of amides is 1. The summed E-state index contributed by atoms with van der Waals surface area (Å²) in [4.78, 5) is 19.4. The van der Waals surface area contributed by atoms with Gasteiger partial charge < -0.3 is 10.2 Å². The van der Waals surface area contributed by atoms with Crippen molar-refractivity contribution < 1.29 is 13.6 Å². The van der Waals surface area contributed by atoms with Crippen molar-refractivity contribution in [1.82, 2.24) is 14.7 Å². The molecule has 1 amide bonds. The lowest BCUT2D eigenvalue weighted by Gasteiger charge is -2.33. The summed E-state index contributed by atoms with van der Waals surface area (Å²) in [5.41, 5.74) is 2.19. The summed E-state index contributed by atoms with van der Waals surface area (Å²) in [7, 11) is 1.59. The zero-order chi connectivity index (χ0) is 19.4. The maximum atomic E-state index is 14.8. The summed E-state index contributed by atoms with van der Waals surface area (Å²) >= 11 is 0. The lowest BCUT2D eigenvalue weighted by atomic mass is 10.0. The predicted octanol–water partition coefficient (Wildman–Crippen LogP) is 3.07. The van der Waals surface area contributed by atoms with Gasteiger partial charge >= 0.3 is 0 Å². The second-order valence-corrected chi connectivity index (χ2v) is 7.05. The number of carbonyl (C=O) groups is 1. The van der Waals surface area contributed by atoms with E-state index in [0.29, 0.717) is 17.7 Å². The molecule has 2 aliphatic rings. The van der Waals surface area contributed by atoms with Crippen molar-refractivity contribution in [2.75, 3.05) is 18.4 Å². The van der Waals surface area contributed by atoms with Crippen molar-refractivity contribution >= 4 is 28.3 Å². The molecule has 2 aliphatic heterocycles. The van der Waals surface area contributed by atoms with E-state index in [-0.39, 0.29) is 5.39 Å². The van der Waals surface area contributed by atoms with Gasteiger partial charge in [0.15, 0.2) is 0 Å². The number of aromatic nitrogens is 2. The highest BCUT2D eigenvalue weighted by molar-refractivity contribution is 6.08. The minimum atomic E-state index is -0.921. The van der Waals surface area contributed by atoms with E-state index in [2.05, 4.69) is 20.3 Å². The van der Waals surface area contributed by atoms with Crippen LogP contribution in [0.1, 0.15) is 27.9 Å². The topological polar surface area (TPSA) is 62.5 Å². The van der Waals surface area contributed by atoms with Crippen LogP contribution in [-0.2, 0) is 13.6 Å². The number of halogens is 2. The van der Waals surface area contributed by atoms with Crippen molar-refractivity contribution in [3.63, 3.8) is 0 Å². The van der Waals surface area contributed by atoms with Crippen LogP contribution in [-0.4, -0.2) is 39.5 Å². The second kappa shape index (κ2) is 6.12. The lowest BCUT2D eigenvalue weighted by molar-refractivity contribution is 0.101. The molecule has 5 rings (SSSR count). The molecule has 1 aromatic heterocycles. The fourth-order valence-corrected chi connectivity index (χ4v) is 3.66. The van der Waals surface area contributed by atoms with Crippen LogP contribution in [0.15, 0.2) is 35.5 Å². The van der Waals surface area contributed by atoms with E-state index < -0.39 is 23.1 Å². The van der Waals surface area contributed by atoms with Crippen LogP contribution >= 0.6 is 0 Å². The van der Waals surface area contributed by atoms with Crippen LogP contribution in [0.25, 0.3) is 10.9 Å². The molecular formula is C20H17F2N5O. The van der Waals surface area contributed by atoms with Gasteiger partial charge in [0, 0.05) is 37.5 Å². The number of benzene rings is 2. The molecule has 0 unspecified atom stereocenters. The third-order valence-electron chi connectivity index (χ3n) is 5.33. The number of aryl methyl sites for hydroxylation is 1. The van der Waals surface area contributed by atoms with Crippen molar-refractivity contribution in [1.29, 1.82) is 0 Å². The maximum absolute atomic E-state index is 14.8. The van der Waals surface area contributed by atoms with Crippen LogP contribution in [0.4, 0.5) is 14.5 Å². The molecule has 3 aromatic rings. The van der Waals surface area contributed by atoms with Crippen molar-refractivity contribution in [2.45, 2.75) is 13.0 Å². The van der Waals surface area contributed by atoms with Gasteiger partial charge in [0.05, 0.1) is 23.6 Å². The molecule has 0 aliphatic carbocycles. The monoisotopic (exact) mass is 381 g/mol. The van der Waals surface area contributed by atoms with E-state index in [9.17, 15) is 13.6 Å². The first kappa shape index (κ1) is 16.9. The Morgan fingerprint density at radius 1 is 1.21 bits per heavy atom. The average Bonchev–Trinajstić information content (AvgIpc) is 3.18. The number of nitrogens with zero attached hydrogens (tertiary/aromatic N) is 4. The highest BCUT2D eigenvalue weighted by atomic mass is 19.1. The fourth-order valence-electron chi connectivity index (χ4n) is 3.66. The maximum Gasteiger partial charge on any atom is 0.261 e. The molecule has 142 valence electrons. The van der Waals surface area contributed by atoms with Crippen LogP contribution in [0.2, 0.25) is 0 Å². The lowest BCUT2D eigenvalue weighted by Crippen LogP contribution is -2.42. The van der Waals surface area contributed by atoms with Crippen molar-refractivity contribution in [3.05, 3.63) is 58.8 Å². The molecule has 0 atom stereocenters. The number of hydrogen-bond acceptors (Lipinski definition) is 4. The molecule has 2 aromatic carbocycles. The quantitative estimate of drug-likeness (QED) is 0.742. The van der Waals surface area contributed by atoms with Crippen LogP contribution in [0.3, 0.4) is 0 Å². The molecular weight excluding hydrogens is 364 g/mol. The summed E-state index contributed by atoms with van der Waals surface area (Å²) in [6, 6.07) is 6.55. The second-order valence-electron chi connectivity index (χ2n) is 7.05. The normalized spacial score (nSPS) is 15.4.